The molecule has 2 heterocycles. The smallest absolute Gasteiger partial charge is 0.254 e. The first kappa shape index (κ1) is 18.6. The van der Waals surface area contributed by atoms with E-state index in [4.69, 9.17) is 0 Å². The summed E-state index contributed by atoms with van der Waals surface area (Å²) in [5, 5.41) is 0.708. The van der Waals surface area contributed by atoms with Crippen molar-refractivity contribution in [2.45, 2.75) is 20.4 Å². The van der Waals surface area contributed by atoms with Gasteiger partial charge in [-0.3, -0.25) is 14.7 Å². The lowest BCUT2D eigenvalue weighted by molar-refractivity contribution is 0.0630. The van der Waals surface area contributed by atoms with Crippen LogP contribution in [0.4, 0.5) is 4.39 Å². The van der Waals surface area contributed by atoms with Gasteiger partial charge in [-0.1, -0.05) is 29.8 Å². The first-order valence-corrected chi connectivity index (χ1v) is 9.64. The van der Waals surface area contributed by atoms with Crippen molar-refractivity contribution < 1.29 is 9.18 Å². The van der Waals surface area contributed by atoms with Crippen LogP contribution in [0.15, 0.2) is 48.5 Å². The van der Waals surface area contributed by atoms with Gasteiger partial charge < -0.3 is 4.90 Å². The van der Waals surface area contributed by atoms with Crippen LogP contribution in [0.2, 0.25) is 0 Å². The SMILES string of the molecule is Cc1cccc(CN2CCN(C(=O)c3cc(C)nc4cc(F)ccc34)CC2)c1. The normalized spacial score (nSPS) is 15.2. The minimum atomic E-state index is -0.339. The Labute approximate surface area is 164 Å². The highest BCUT2D eigenvalue weighted by Crippen LogP contribution is 2.22. The van der Waals surface area contributed by atoms with Gasteiger partial charge in [0.2, 0.25) is 0 Å². The van der Waals surface area contributed by atoms with E-state index in [2.05, 4.69) is 41.1 Å². The van der Waals surface area contributed by atoms with Crippen molar-refractivity contribution in [3.8, 4) is 0 Å². The molecule has 0 aliphatic carbocycles. The van der Waals surface area contributed by atoms with E-state index in [9.17, 15) is 9.18 Å². The number of amides is 1. The van der Waals surface area contributed by atoms with E-state index in [1.54, 1.807) is 6.07 Å². The molecular weight excluding hydrogens is 353 g/mol. The fourth-order valence-corrected chi connectivity index (χ4v) is 3.86. The Balaban J connectivity index is 1.48. The zero-order valence-electron chi connectivity index (χ0n) is 16.3. The van der Waals surface area contributed by atoms with Crippen LogP contribution >= 0.6 is 0 Å². The molecule has 1 saturated heterocycles. The number of halogens is 1. The van der Waals surface area contributed by atoms with Gasteiger partial charge in [-0.05, 0) is 37.6 Å². The average molecular weight is 377 g/mol. The van der Waals surface area contributed by atoms with Crippen molar-refractivity contribution in [1.82, 2.24) is 14.8 Å². The largest absolute Gasteiger partial charge is 0.336 e. The average Bonchev–Trinajstić information content (AvgIpc) is 2.67. The molecule has 1 aliphatic heterocycles. The molecule has 0 bridgehead atoms. The molecule has 2 aromatic carbocycles. The number of hydrogen-bond acceptors (Lipinski definition) is 3. The standard InChI is InChI=1S/C23H24FN3O/c1-16-4-3-5-18(12-16)15-26-8-10-27(11-9-26)23(28)21-13-17(2)25-22-14-19(24)6-7-20(21)22/h3-7,12-14H,8-11,15H2,1-2H3. The number of benzene rings is 2. The zero-order valence-corrected chi connectivity index (χ0v) is 16.3. The number of piperazine rings is 1. The number of fused-ring (bicyclic) bond motifs is 1. The van der Waals surface area contributed by atoms with Crippen molar-refractivity contribution in [3.05, 3.63) is 76.7 Å². The summed E-state index contributed by atoms with van der Waals surface area (Å²) in [5.41, 5.74) is 4.43. The van der Waals surface area contributed by atoms with E-state index in [-0.39, 0.29) is 11.7 Å². The topological polar surface area (TPSA) is 36.4 Å². The van der Waals surface area contributed by atoms with Gasteiger partial charge in [-0.15, -0.1) is 0 Å². The van der Waals surface area contributed by atoms with Crippen LogP contribution in [0.3, 0.4) is 0 Å². The van der Waals surface area contributed by atoms with E-state index in [1.165, 1.54) is 23.3 Å². The molecule has 0 N–H and O–H groups in total. The predicted molar refractivity (Wildman–Crippen MR) is 109 cm³/mol. The lowest BCUT2D eigenvalue weighted by Crippen LogP contribution is -2.48. The van der Waals surface area contributed by atoms with Crippen LogP contribution in [0.25, 0.3) is 10.9 Å². The van der Waals surface area contributed by atoms with Gasteiger partial charge in [0.05, 0.1) is 11.1 Å². The van der Waals surface area contributed by atoms with Crippen LogP contribution in [-0.2, 0) is 6.54 Å². The number of aromatic nitrogens is 1. The summed E-state index contributed by atoms with van der Waals surface area (Å²) < 4.78 is 13.6. The number of carbonyl (C=O) groups excluding carboxylic acids is 1. The third kappa shape index (κ3) is 3.90. The van der Waals surface area contributed by atoms with Crippen LogP contribution in [0.1, 0.15) is 27.2 Å². The molecule has 0 atom stereocenters. The summed E-state index contributed by atoms with van der Waals surface area (Å²) in [5.74, 6) is -0.342. The fourth-order valence-electron chi connectivity index (χ4n) is 3.86. The van der Waals surface area contributed by atoms with E-state index in [1.807, 2.05) is 17.9 Å². The van der Waals surface area contributed by atoms with Crippen LogP contribution in [0, 0.1) is 19.7 Å². The number of aryl methyl sites for hydroxylation is 2. The van der Waals surface area contributed by atoms with Gasteiger partial charge in [0.15, 0.2) is 0 Å². The highest BCUT2D eigenvalue weighted by molar-refractivity contribution is 6.06. The van der Waals surface area contributed by atoms with Gasteiger partial charge in [-0.25, -0.2) is 4.39 Å². The first-order chi connectivity index (χ1) is 13.5. The van der Waals surface area contributed by atoms with Crippen molar-refractivity contribution in [1.29, 1.82) is 0 Å². The summed E-state index contributed by atoms with van der Waals surface area (Å²) in [7, 11) is 0. The third-order valence-corrected chi connectivity index (χ3v) is 5.28. The molecule has 28 heavy (non-hydrogen) atoms. The molecule has 0 spiro atoms. The lowest BCUT2D eigenvalue weighted by atomic mass is 10.1. The van der Waals surface area contributed by atoms with Gasteiger partial charge in [0.1, 0.15) is 5.82 Å². The number of carbonyl (C=O) groups is 1. The van der Waals surface area contributed by atoms with Gasteiger partial charge in [0.25, 0.3) is 5.91 Å². The molecule has 5 heteroatoms. The predicted octanol–water partition coefficient (Wildman–Crippen LogP) is 3.95. The van der Waals surface area contributed by atoms with Crippen LogP contribution < -0.4 is 0 Å². The van der Waals surface area contributed by atoms with Crippen molar-refractivity contribution >= 4 is 16.8 Å². The second-order valence-electron chi connectivity index (χ2n) is 7.53. The second kappa shape index (κ2) is 7.68. The number of rotatable bonds is 3. The van der Waals surface area contributed by atoms with Crippen molar-refractivity contribution in [2.75, 3.05) is 26.2 Å². The summed E-state index contributed by atoms with van der Waals surface area (Å²) in [6, 6.07) is 14.8. The second-order valence-corrected chi connectivity index (χ2v) is 7.53. The minimum absolute atomic E-state index is 0.00249. The maximum atomic E-state index is 13.6. The molecule has 1 amide bonds. The molecule has 1 aromatic heterocycles. The first-order valence-electron chi connectivity index (χ1n) is 9.64. The molecular formula is C23H24FN3O. The summed E-state index contributed by atoms with van der Waals surface area (Å²) in [4.78, 5) is 21.8. The van der Waals surface area contributed by atoms with E-state index in [0.717, 1.165) is 25.3 Å². The molecule has 4 rings (SSSR count). The summed E-state index contributed by atoms with van der Waals surface area (Å²) >= 11 is 0. The van der Waals surface area contributed by atoms with E-state index in [0.29, 0.717) is 29.6 Å². The Bertz CT molecular complexity index is 1020. The lowest BCUT2D eigenvalue weighted by Gasteiger charge is -2.35. The van der Waals surface area contributed by atoms with Gasteiger partial charge >= 0.3 is 0 Å². The zero-order chi connectivity index (χ0) is 19.7. The van der Waals surface area contributed by atoms with Crippen molar-refractivity contribution in [2.24, 2.45) is 0 Å². The fraction of sp³-hybridized carbons (Fsp3) is 0.304. The van der Waals surface area contributed by atoms with E-state index >= 15 is 0 Å². The Hall–Kier alpha value is -2.79. The monoisotopic (exact) mass is 377 g/mol. The van der Waals surface area contributed by atoms with Gasteiger partial charge in [0, 0.05) is 49.9 Å². The maximum absolute atomic E-state index is 13.6. The Morgan fingerprint density at radius 1 is 1.04 bits per heavy atom. The Kier molecular flexibility index (Phi) is 5.09. The Morgan fingerprint density at radius 2 is 1.82 bits per heavy atom. The number of pyridine rings is 1. The number of hydrogen-bond donors (Lipinski definition) is 0. The number of nitrogens with zero attached hydrogens (tertiary/aromatic N) is 3. The molecule has 3 aromatic rings. The quantitative estimate of drug-likeness (QED) is 0.693. The van der Waals surface area contributed by atoms with Crippen LogP contribution in [-0.4, -0.2) is 46.9 Å². The molecule has 1 aliphatic rings. The molecule has 144 valence electrons. The molecule has 0 saturated carbocycles. The van der Waals surface area contributed by atoms with Crippen molar-refractivity contribution in [3.63, 3.8) is 0 Å². The Morgan fingerprint density at radius 3 is 2.57 bits per heavy atom. The highest BCUT2D eigenvalue weighted by atomic mass is 19.1. The molecule has 0 radical (unpaired) electrons. The van der Waals surface area contributed by atoms with Crippen LogP contribution in [0.5, 0.6) is 0 Å². The molecule has 4 nitrogen and oxygen atoms in total. The molecule has 0 unspecified atom stereocenters. The van der Waals surface area contributed by atoms with Gasteiger partial charge in [-0.2, -0.15) is 0 Å². The molecule has 1 fully saturated rings. The summed E-state index contributed by atoms with van der Waals surface area (Å²) in [6.07, 6.45) is 0. The highest BCUT2D eigenvalue weighted by Gasteiger charge is 2.24. The third-order valence-electron chi connectivity index (χ3n) is 5.28. The summed E-state index contributed by atoms with van der Waals surface area (Å²) in [6.45, 7) is 7.91. The maximum Gasteiger partial charge on any atom is 0.254 e. The minimum Gasteiger partial charge on any atom is -0.336 e. The van der Waals surface area contributed by atoms with E-state index < -0.39 is 0 Å².